The Morgan fingerprint density at radius 2 is 2.04 bits per heavy atom. The van der Waals surface area contributed by atoms with Gasteiger partial charge in [0.1, 0.15) is 11.5 Å². The number of nitro benzene ring substituents is 1. The van der Waals surface area contributed by atoms with E-state index in [9.17, 15) is 22.9 Å². The fraction of sp³-hybridized carbons (Fsp3) is 0.250. The quantitative estimate of drug-likeness (QED) is 0.650. The van der Waals surface area contributed by atoms with E-state index in [1.54, 1.807) is 24.3 Å². The highest BCUT2D eigenvalue weighted by Crippen LogP contribution is 2.27. The van der Waals surface area contributed by atoms with Crippen LogP contribution in [0.3, 0.4) is 0 Å². The third-order valence-corrected chi connectivity index (χ3v) is 5.81. The number of hydrogen-bond donors (Lipinski definition) is 1. The second-order valence-corrected chi connectivity index (χ2v) is 7.70. The highest BCUT2D eigenvalue weighted by molar-refractivity contribution is 7.93. The number of benzene rings is 2. The first-order valence-corrected chi connectivity index (χ1v) is 9.25. The Labute approximate surface area is 144 Å². The van der Waals surface area contributed by atoms with Crippen molar-refractivity contribution in [1.82, 2.24) is 0 Å². The first-order valence-electron chi connectivity index (χ1n) is 7.64. The van der Waals surface area contributed by atoms with E-state index in [0.717, 1.165) is 17.7 Å². The topological polar surface area (TPSA) is 92.6 Å². The first-order chi connectivity index (χ1) is 11.9. The maximum absolute atomic E-state index is 13.2. The molecule has 1 aliphatic rings. The summed E-state index contributed by atoms with van der Waals surface area (Å²) >= 11 is 0. The van der Waals surface area contributed by atoms with Crippen LogP contribution in [0.2, 0.25) is 0 Å². The van der Waals surface area contributed by atoms with Gasteiger partial charge in [-0.25, -0.2) is 12.8 Å². The summed E-state index contributed by atoms with van der Waals surface area (Å²) in [7, 11) is -3.26. The molecule has 25 heavy (non-hydrogen) atoms. The Morgan fingerprint density at radius 3 is 2.72 bits per heavy atom. The summed E-state index contributed by atoms with van der Waals surface area (Å²) in [6.45, 7) is 0.691. The van der Waals surface area contributed by atoms with Crippen molar-refractivity contribution in [3.63, 3.8) is 0 Å². The highest BCUT2D eigenvalue weighted by Gasteiger charge is 2.28. The molecule has 9 heteroatoms. The molecule has 0 amide bonds. The molecule has 7 nitrogen and oxygen atoms in total. The van der Waals surface area contributed by atoms with Gasteiger partial charge in [0.2, 0.25) is 10.0 Å². The largest absolute Gasteiger partial charge is 0.375 e. The van der Waals surface area contributed by atoms with Gasteiger partial charge in [-0.2, -0.15) is 0 Å². The summed E-state index contributed by atoms with van der Waals surface area (Å²) in [5.74, 6) is -0.546. The molecule has 0 unspecified atom stereocenters. The van der Waals surface area contributed by atoms with Crippen molar-refractivity contribution in [3.05, 3.63) is 64.0 Å². The molecule has 0 radical (unpaired) electrons. The van der Waals surface area contributed by atoms with Crippen LogP contribution in [0.1, 0.15) is 12.0 Å². The summed E-state index contributed by atoms with van der Waals surface area (Å²) < 4.78 is 38.6. The van der Waals surface area contributed by atoms with E-state index in [2.05, 4.69) is 5.32 Å². The maximum atomic E-state index is 13.2. The average molecular weight is 365 g/mol. The number of hydrogen-bond acceptors (Lipinski definition) is 5. The Hall–Kier alpha value is -2.68. The molecule has 132 valence electrons. The standard InChI is InChI=1S/C16H16FN3O4S/c17-13-5-6-15(16(10-13)20(21)22)18-11-12-3-1-4-14(9-12)19-7-2-8-25(19,23)24/h1,3-6,9-10,18H,2,7-8,11H2. The molecule has 0 aromatic heterocycles. The molecule has 2 aromatic rings. The molecule has 0 saturated carbocycles. The van der Waals surface area contributed by atoms with Crippen molar-refractivity contribution in [2.75, 3.05) is 21.9 Å². The minimum atomic E-state index is -3.26. The number of sulfonamides is 1. The monoisotopic (exact) mass is 365 g/mol. The molecule has 1 fully saturated rings. The molecule has 0 bridgehead atoms. The number of rotatable bonds is 5. The molecular formula is C16H16FN3O4S. The molecule has 1 heterocycles. The van der Waals surface area contributed by atoms with Crippen LogP contribution in [0.25, 0.3) is 0 Å². The van der Waals surface area contributed by atoms with Crippen molar-refractivity contribution in [2.24, 2.45) is 0 Å². The van der Waals surface area contributed by atoms with E-state index in [1.165, 1.54) is 10.4 Å². The number of nitrogens with one attached hydrogen (secondary N) is 1. The second kappa shape index (κ2) is 6.67. The molecule has 1 saturated heterocycles. The Bertz CT molecular complexity index is 917. The summed E-state index contributed by atoms with van der Waals surface area (Å²) in [6.07, 6.45) is 0.590. The summed E-state index contributed by atoms with van der Waals surface area (Å²) in [5.41, 5.74) is 1.19. The maximum Gasteiger partial charge on any atom is 0.295 e. The van der Waals surface area contributed by atoms with E-state index in [1.807, 2.05) is 0 Å². The lowest BCUT2D eigenvalue weighted by Crippen LogP contribution is -2.25. The van der Waals surface area contributed by atoms with E-state index < -0.39 is 20.8 Å². The number of nitro groups is 1. The van der Waals surface area contributed by atoms with E-state index in [4.69, 9.17) is 0 Å². The van der Waals surface area contributed by atoms with Crippen LogP contribution >= 0.6 is 0 Å². The van der Waals surface area contributed by atoms with Gasteiger partial charge in [0, 0.05) is 13.1 Å². The lowest BCUT2D eigenvalue weighted by molar-refractivity contribution is -0.384. The van der Waals surface area contributed by atoms with Crippen LogP contribution in [0, 0.1) is 15.9 Å². The second-order valence-electron chi connectivity index (χ2n) is 5.68. The molecule has 0 aliphatic carbocycles. The summed E-state index contributed by atoms with van der Waals surface area (Å²) in [5, 5.41) is 13.9. The fourth-order valence-electron chi connectivity index (χ4n) is 2.75. The van der Waals surface area contributed by atoms with Gasteiger partial charge < -0.3 is 5.32 Å². The zero-order valence-electron chi connectivity index (χ0n) is 13.2. The summed E-state index contributed by atoms with van der Waals surface area (Å²) in [4.78, 5) is 10.4. The fourth-order valence-corrected chi connectivity index (χ4v) is 4.31. The van der Waals surface area contributed by atoms with Crippen LogP contribution in [-0.2, 0) is 16.6 Å². The van der Waals surface area contributed by atoms with Crippen LogP contribution in [0.5, 0.6) is 0 Å². The van der Waals surface area contributed by atoms with Gasteiger partial charge in [-0.15, -0.1) is 0 Å². The predicted octanol–water partition coefficient (Wildman–Crippen LogP) is 2.89. The van der Waals surface area contributed by atoms with Crippen molar-refractivity contribution >= 4 is 27.1 Å². The van der Waals surface area contributed by atoms with Crippen LogP contribution < -0.4 is 9.62 Å². The van der Waals surface area contributed by atoms with Crippen molar-refractivity contribution < 1.29 is 17.7 Å². The van der Waals surface area contributed by atoms with Crippen molar-refractivity contribution in [2.45, 2.75) is 13.0 Å². The molecule has 1 N–H and O–H groups in total. The normalized spacial score (nSPS) is 16.0. The van der Waals surface area contributed by atoms with Gasteiger partial charge in [-0.1, -0.05) is 12.1 Å². The van der Waals surface area contributed by atoms with E-state index in [0.29, 0.717) is 18.7 Å². The Morgan fingerprint density at radius 1 is 1.24 bits per heavy atom. The van der Waals surface area contributed by atoms with Crippen molar-refractivity contribution in [1.29, 1.82) is 0 Å². The molecule has 0 atom stereocenters. The molecule has 1 aliphatic heterocycles. The number of nitrogens with zero attached hydrogens (tertiary/aromatic N) is 2. The van der Waals surface area contributed by atoms with E-state index >= 15 is 0 Å². The average Bonchev–Trinajstić information content (AvgIpc) is 2.93. The molecular weight excluding hydrogens is 349 g/mol. The smallest absolute Gasteiger partial charge is 0.295 e. The first kappa shape index (κ1) is 17.2. The van der Waals surface area contributed by atoms with Gasteiger partial charge in [0.05, 0.1) is 22.4 Å². The number of anilines is 2. The van der Waals surface area contributed by atoms with Crippen LogP contribution in [-0.4, -0.2) is 25.6 Å². The van der Waals surface area contributed by atoms with Gasteiger partial charge >= 0.3 is 0 Å². The number of halogens is 1. The van der Waals surface area contributed by atoms with Gasteiger partial charge in [0.25, 0.3) is 5.69 Å². The van der Waals surface area contributed by atoms with Crippen LogP contribution in [0.4, 0.5) is 21.5 Å². The van der Waals surface area contributed by atoms with Crippen molar-refractivity contribution in [3.8, 4) is 0 Å². The molecule has 2 aromatic carbocycles. The van der Waals surface area contributed by atoms with E-state index in [-0.39, 0.29) is 23.7 Å². The lowest BCUT2D eigenvalue weighted by Gasteiger charge is -2.18. The Kier molecular flexibility index (Phi) is 4.58. The van der Waals surface area contributed by atoms with Gasteiger partial charge in [0.15, 0.2) is 0 Å². The SMILES string of the molecule is O=[N+]([O-])c1cc(F)ccc1NCc1cccc(N2CCCS2(=O)=O)c1. The van der Waals surface area contributed by atoms with Gasteiger partial charge in [-0.05, 0) is 36.2 Å². The predicted molar refractivity (Wildman–Crippen MR) is 92.6 cm³/mol. The molecule has 0 spiro atoms. The minimum absolute atomic E-state index is 0.136. The molecule has 3 rings (SSSR count). The zero-order valence-corrected chi connectivity index (χ0v) is 14.0. The minimum Gasteiger partial charge on any atom is -0.375 e. The highest BCUT2D eigenvalue weighted by atomic mass is 32.2. The lowest BCUT2D eigenvalue weighted by atomic mass is 10.2. The zero-order chi connectivity index (χ0) is 18.0. The third kappa shape index (κ3) is 3.71. The third-order valence-electron chi connectivity index (χ3n) is 3.94. The van der Waals surface area contributed by atoms with Crippen LogP contribution in [0.15, 0.2) is 42.5 Å². The summed E-state index contributed by atoms with van der Waals surface area (Å²) in [6, 6.07) is 10.3. The van der Waals surface area contributed by atoms with Gasteiger partial charge in [-0.3, -0.25) is 14.4 Å². The Balaban J connectivity index is 1.79.